The first-order valence-electron chi connectivity index (χ1n) is 11.3. The Morgan fingerprint density at radius 2 is 0.794 bits per heavy atom. The molecular weight excluding hydrogens is 450 g/mol. The van der Waals surface area contributed by atoms with Crippen LogP contribution in [0.5, 0.6) is 0 Å². The Labute approximate surface area is 202 Å². The third kappa shape index (κ3) is 10.2. The lowest BCUT2D eigenvalue weighted by Crippen LogP contribution is -2.52. The highest BCUT2D eigenvalue weighted by Crippen LogP contribution is 2.12. The molecule has 4 unspecified atom stereocenters. The number of rotatable bonds is 3. The first kappa shape index (κ1) is 30.2. The van der Waals surface area contributed by atoms with E-state index in [1.807, 2.05) is 0 Å². The molecule has 0 aromatic heterocycles. The number of carbonyl (C=O) groups excluding carboxylic acids is 3. The van der Waals surface area contributed by atoms with Crippen molar-refractivity contribution < 1.29 is 42.8 Å². The van der Waals surface area contributed by atoms with Gasteiger partial charge in [-0.05, 0) is 6.92 Å². The van der Waals surface area contributed by atoms with E-state index in [4.69, 9.17) is 28.4 Å². The standard InChI is InChI=1S/C22H41N3O9/c1-16-17(20(26)23(2)3)32-13-9-30-11-15-34-19(22(28)25(6)7)18(21(27)24(4)5)33-14-10-29-8-12-31-16/h16-19H,8-15H2,1-7H3. The van der Waals surface area contributed by atoms with Gasteiger partial charge in [-0.1, -0.05) is 0 Å². The molecule has 0 saturated carbocycles. The average molecular weight is 492 g/mol. The molecule has 0 radical (unpaired) electrons. The van der Waals surface area contributed by atoms with Crippen LogP contribution in [0, 0.1) is 0 Å². The molecular formula is C22H41N3O9. The molecule has 1 saturated heterocycles. The summed E-state index contributed by atoms with van der Waals surface area (Å²) in [5, 5.41) is 0. The Morgan fingerprint density at radius 1 is 0.500 bits per heavy atom. The van der Waals surface area contributed by atoms with Crippen LogP contribution in [-0.2, 0) is 42.8 Å². The first-order valence-corrected chi connectivity index (χ1v) is 11.3. The molecule has 34 heavy (non-hydrogen) atoms. The van der Waals surface area contributed by atoms with Crippen molar-refractivity contribution in [3.05, 3.63) is 0 Å². The number of hydrogen-bond donors (Lipinski definition) is 0. The Bertz CT molecular complexity index is 631. The molecule has 0 spiro atoms. The molecule has 0 aliphatic carbocycles. The zero-order valence-corrected chi connectivity index (χ0v) is 21.5. The fourth-order valence-corrected chi connectivity index (χ4v) is 3.03. The maximum Gasteiger partial charge on any atom is 0.254 e. The average Bonchev–Trinajstić information content (AvgIpc) is 2.78. The van der Waals surface area contributed by atoms with E-state index >= 15 is 0 Å². The molecule has 0 N–H and O–H groups in total. The predicted octanol–water partition coefficient (Wildman–Crippen LogP) is -1.14. The lowest BCUT2D eigenvalue weighted by Gasteiger charge is -2.29. The molecule has 0 bridgehead atoms. The van der Waals surface area contributed by atoms with Gasteiger partial charge in [-0.3, -0.25) is 14.4 Å². The number of hydrogen-bond acceptors (Lipinski definition) is 9. The predicted molar refractivity (Wildman–Crippen MR) is 122 cm³/mol. The topological polar surface area (TPSA) is 116 Å². The van der Waals surface area contributed by atoms with Crippen LogP contribution < -0.4 is 0 Å². The van der Waals surface area contributed by atoms with E-state index in [-0.39, 0.29) is 58.8 Å². The quantitative estimate of drug-likeness (QED) is 0.483. The van der Waals surface area contributed by atoms with E-state index in [0.29, 0.717) is 0 Å². The van der Waals surface area contributed by atoms with Crippen LogP contribution in [0.15, 0.2) is 0 Å². The third-order valence-electron chi connectivity index (χ3n) is 4.94. The van der Waals surface area contributed by atoms with Crippen molar-refractivity contribution in [2.75, 3.05) is 95.1 Å². The highest BCUT2D eigenvalue weighted by Gasteiger charge is 2.37. The van der Waals surface area contributed by atoms with Gasteiger partial charge < -0.3 is 43.1 Å². The zero-order chi connectivity index (χ0) is 25.7. The van der Waals surface area contributed by atoms with Gasteiger partial charge in [0.2, 0.25) is 0 Å². The van der Waals surface area contributed by atoms with Gasteiger partial charge in [0.05, 0.1) is 59.0 Å². The van der Waals surface area contributed by atoms with Crippen LogP contribution in [0.4, 0.5) is 0 Å². The Morgan fingerprint density at radius 3 is 1.15 bits per heavy atom. The van der Waals surface area contributed by atoms with Gasteiger partial charge in [-0.2, -0.15) is 0 Å². The van der Waals surface area contributed by atoms with Crippen LogP contribution in [0.1, 0.15) is 6.92 Å². The lowest BCUT2D eigenvalue weighted by atomic mass is 10.1. The summed E-state index contributed by atoms with van der Waals surface area (Å²) in [5.74, 6) is -0.995. The van der Waals surface area contributed by atoms with Crippen molar-refractivity contribution in [3.8, 4) is 0 Å². The summed E-state index contributed by atoms with van der Waals surface area (Å²) in [6, 6.07) is 0. The number of nitrogens with zero attached hydrogens (tertiary/aromatic N) is 3. The molecule has 1 heterocycles. The van der Waals surface area contributed by atoms with E-state index in [9.17, 15) is 14.4 Å². The summed E-state index contributed by atoms with van der Waals surface area (Å²) in [6.07, 6.45) is -3.55. The van der Waals surface area contributed by atoms with Gasteiger partial charge in [-0.15, -0.1) is 0 Å². The fraction of sp³-hybridized carbons (Fsp3) is 0.864. The van der Waals surface area contributed by atoms with Crippen molar-refractivity contribution in [2.45, 2.75) is 31.3 Å². The third-order valence-corrected chi connectivity index (χ3v) is 4.94. The Kier molecular flexibility index (Phi) is 14.2. The minimum atomic E-state index is -1.14. The number of amides is 3. The molecule has 12 nitrogen and oxygen atoms in total. The van der Waals surface area contributed by atoms with E-state index < -0.39 is 36.2 Å². The molecule has 1 rings (SSSR count). The van der Waals surface area contributed by atoms with Crippen LogP contribution in [0.25, 0.3) is 0 Å². The van der Waals surface area contributed by atoms with Crippen molar-refractivity contribution in [3.63, 3.8) is 0 Å². The van der Waals surface area contributed by atoms with Gasteiger partial charge >= 0.3 is 0 Å². The van der Waals surface area contributed by atoms with Crippen molar-refractivity contribution in [2.24, 2.45) is 0 Å². The molecule has 0 aromatic rings. The molecule has 4 atom stereocenters. The Balaban J connectivity index is 2.89. The molecule has 0 aromatic carbocycles. The monoisotopic (exact) mass is 491 g/mol. The highest BCUT2D eigenvalue weighted by molar-refractivity contribution is 5.90. The summed E-state index contributed by atoms with van der Waals surface area (Å²) in [5.41, 5.74) is 0. The van der Waals surface area contributed by atoms with Crippen LogP contribution in [-0.4, -0.2) is 152 Å². The minimum Gasteiger partial charge on any atom is -0.377 e. The molecule has 1 aliphatic heterocycles. The van der Waals surface area contributed by atoms with Crippen molar-refractivity contribution in [1.29, 1.82) is 0 Å². The number of likely N-dealkylation sites (N-methyl/N-ethyl adjacent to an activating group) is 3. The number of ether oxygens (including phenoxy) is 6. The molecule has 1 fully saturated rings. The van der Waals surface area contributed by atoms with Gasteiger partial charge in [0, 0.05) is 42.3 Å². The second-order valence-corrected chi connectivity index (χ2v) is 8.37. The van der Waals surface area contributed by atoms with Gasteiger partial charge in [-0.25, -0.2) is 0 Å². The fourth-order valence-electron chi connectivity index (χ4n) is 3.03. The van der Waals surface area contributed by atoms with Crippen LogP contribution in [0.3, 0.4) is 0 Å². The zero-order valence-electron chi connectivity index (χ0n) is 21.5. The van der Waals surface area contributed by atoms with E-state index in [2.05, 4.69) is 0 Å². The van der Waals surface area contributed by atoms with E-state index in [1.165, 1.54) is 14.7 Å². The summed E-state index contributed by atoms with van der Waals surface area (Å²) >= 11 is 0. The Hall–Kier alpha value is -1.83. The van der Waals surface area contributed by atoms with E-state index in [0.717, 1.165) is 0 Å². The lowest BCUT2D eigenvalue weighted by molar-refractivity contribution is -0.170. The van der Waals surface area contributed by atoms with E-state index in [1.54, 1.807) is 49.2 Å². The van der Waals surface area contributed by atoms with Gasteiger partial charge in [0.1, 0.15) is 0 Å². The first-order chi connectivity index (χ1) is 16.1. The summed E-state index contributed by atoms with van der Waals surface area (Å²) in [7, 11) is 9.64. The molecule has 198 valence electrons. The molecule has 1 aliphatic rings. The highest BCUT2D eigenvalue weighted by atomic mass is 16.6. The second-order valence-electron chi connectivity index (χ2n) is 8.37. The number of carbonyl (C=O) groups is 3. The minimum absolute atomic E-state index is 0.0564. The maximum absolute atomic E-state index is 12.8. The summed E-state index contributed by atoms with van der Waals surface area (Å²) in [6.45, 7) is 3.09. The maximum atomic E-state index is 12.8. The largest absolute Gasteiger partial charge is 0.377 e. The second kappa shape index (κ2) is 16.0. The van der Waals surface area contributed by atoms with Crippen molar-refractivity contribution in [1.82, 2.24) is 14.7 Å². The molecule has 12 heteroatoms. The van der Waals surface area contributed by atoms with Gasteiger partial charge in [0.25, 0.3) is 17.7 Å². The summed E-state index contributed by atoms with van der Waals surface area (Å²) in [4.78, 5) is 42.1. The van der Waals surface area contributed by atoms with Crippen molar-refractivity contribution >= 4 is 17.7 Å². The SMILES string of the molecule is CC1OCCOCCOC(C(=O)N(C)C)C(C(=O)N(C)C)OCCOCCOC1C(=O)N(C)C. The smallest absolute Gasteiger partial charge is 0.254 e. The van der Waals surface area contributed by atoms with Gasteiger partial charge in [0.15, 0.2) is 18.3 Å². The van der Waals surface area contributed by atoms with Crippen LogP contribution >= 0.6 is 0 Å². The molecule has 3 amide bonds. The normalized spacial score (nSPS) is 26.6. The van der Waals surface area contributed by atoms with Crippen LogP contribution in [0.2, 0.25) is 0 Å². The summed E-state index contributed by atoms with van der Waals surface area (Å²) < 4.78 is 34.0.